The highest BCUT2D eigenvalue weighted by Gasteiger charge is 2.16. The van der Waals surface area contributed by atoms with Crippen LogP contribution in [0.1, 0.15) is 27.0 Å². The zero-order chi connectivity index (χ0) is 21.3. The summed E-state index contributed by atoms with van der Waals surface area (Å²) >= 11 is 2.25. The molecule has 6 heteroatoms. The molecule has 0 aliphatic heterocycles. The van der Waals surface area contributed by atoms with Crippen molar-refractivity contribution in [3.05, 3.63) is 98.6 Å². The fraction of sp³-hybridized carbons (Fsp3) is 0.125. The number of nitriles is 2. The van der Waals surface area contributed by atoms with E-state index in [1.54, 1.807) is 48.5 Å². The largest absolute Gasteiger partial charge is 0.491 e. The molecule has 0 spiro atoms. The topological polar surface area (TPSA) is 85.9 Å². The highest BCUT2D eigenvalue weighted by Crippen LogP contribution is 2.15. The molecule has 3 aromatic carbocycles. The number of hydrogen-bond donors (Lipinski definition) is 1. The molecule has 0 bridgehead atoms. The van der Waals surface area contributed by atoms with E-state index in [1.165, 1.54) is 0 Å². The van der Waals surface area contributed by atoms with Crippen LogP contribution in [-0.2, 0) is 6.42 Å². The van der Waals surface area contributed by atoms with Crippen molar-refractivity contribution in [1.82, 2.24) is 5.32 Å². The van der Waals surface area contributed by atoms with Crippen LogP contribution in [0.5, 0.6) is 5.75 Å². The fourth-order valence-electron chi connectivity index (χ4n) is 2.87. The SMILES string of the molecule is N#Cc1ccc(C(=O)N[C@@H](COc2cccc(C#N)c2)Cc2ccc(I)cc2)cc1. The van der Waals surface area contributed by atoms with Crippen molar-refractivity contribution in [2.24, 2.45) is 0 Å². The molecule has 0 saturated carbocycles. The number of nitrogens with zero attached hydrogens (tertiary/aromatic N) is 2. The van der Waals surface area contributed by atoms with Crippen LogP contribution < -0.4 is 10.1 Å². The van der Waals surface area contributed by atoms with Gasteiger partial charge in [-0.2, -0.15) is 10.5 Å². The molecule has 0 aromatic heterocycles. The van der Waals surface area contributed by atoms with E-state index in [9.17, 15) is 4.79 Å². The molecule has 1 N–H and O–H groups in total. The maximum Gasteiger partial charge on any atom is 0.251 e. The van der Waals surface area contributed by atoms with Crippen molar-refractivity contribution in [1.29, 1.82) is 10.5 Å². The molecule has 0 fully saturated rings. The Kier molecular flexibility index (Phi) is 7.42. The standard InChI is InChI=1S/C24H18IN3O2/c25-21-10-6-17(7-11-21)12-22(16-30-23-3-1-2-19(13-23)15-27)28-24(29)20-8-4-18(14-26)5-9-20/h1-11,13,22H,12,16H2,(H,28,29)/t22-/m1/s1. The Morgan fingerprint density at radius 3 is 2.33 bits per heavy atom. The number of carbonyl (C=O) groups excluding carboxylic acids is 1. The Balaban J connectivity index is 1.73. The molecule has 0 unspecified atom stereocenters. The molecule has 5 nitrogen and oxygen atoms in total. The first kappa shape index (κ1) is 21.4. The zero-order valence-corrected chi connectivity index (χ0v) is 18.2. The number of hydrogen-bond acceptors (Lipinski definition) is 4. The molecule has 0 saturated heterocycles. The second kappa shape index (κ2) is 10.4. The number of nitrogens with one attached hydrogen (secondary N) is 1. The summed E-state index contributed by atoms with van der Waals surface area (Å²) in [6.45, 7) is 0.253. The van der Waals surface area contributed by atoms with Gasteiger partial charge in [0.1, 0.15) is 12.4 Å². The molecule has 0 radical (unpaired) electrons. The fourth-order valence-corrected chi connectivity index (χ4v) is 3.23. The van der Waals surface area contributed by atoms with Crippen LogP contribution in [0.4, 0.5) is 0 Å². The van der Waals surface area contributed by atoms with Crippen molar-refractivity contribution in [2.45, 2.75) is 12.5 Å². The molecule has 0 aliphatic rings. The van der Waals surface area contributed by atoms with E-state index in [1.807, 2.05) is 30.3 Å². The van der Waals surface area contributed by atoms with Crippen molar-refractivity contribution in [3.8, 4) is 17.9 Å². The lowest BCUT2D eigenvalue weighted by molar-refractivity contribution is 0.0921. The second-order valence-electron chi connectivity index (χ2n) is 6.64. The summed E-state index contributed by atoms with van der Waals surface area (Å²) in [7, 11) is 0. The van der Waals surface area contributed by atoms with Gasteiger partial charge in [-0.3, -0.25) is 4.79 Å². The number of carbonyl (C=O) groups is 1. The van der Waals surface area contributed by atoms with Crippen molar-refractivity contribution >= 4 is 28.5 Å². The van der Waals surface area contributed by atoms with Gasteiger partial charge in [-0.1, -0.05) is 18.2 Å². The monoisotopic (exact) mass is 507 g/mol. The average Bonchev–Trinajstić information content (AvgIpc) is 2.79. The van der Waals surface area contributed by atoms with Crippen molar-refractivity contribution < 1.29 is 9.53 Å². The predicted molar refractivity (Wildman–Crippen MR) is 122 cm³/mol. The zero-order valence-electron chi connectivity index (χ0n) is 16.0. The molecule has 3 aromatic rings. The van der Waals surface area contributed by atoms with E-state index < -0.39 is 0 Å². The summed E-state index contributed by atoms with van der Waals surface area (Å²) in [6, 6.07) is 25.4. The van der Waals surface area contributed by atoms with Crippen molar-refractivity contribution in [3.63, 3.8) is 0 Å². The molecule has 148 valence electrons. The predicted octanol–water partition coefficient (Wildman–Crippen LogP) is 4.45. The maximum absolute atomic E-state index is 12.7. The highest BCUT2D eigenvalue weighted by molar-refractivity contribution is 14.1. The lowest BCUT2D eigenvalue weighted by Crippen LogP contribution is -2.40. The number of halogens is 1. The Morgan fingerprint density at radius 2 is 1.67 bits per heavy atom. The van der Waals surface area contributed by atoms with Crippen LogP contribution in [-0.4, -0.2) is 18.6 Å². The van der Waals surface area contributed by atoms with Crippen LogP contribution >= 0.6 is 22.6 Å². The van der Waals surface area contributed by atoms with Gasteiger partial charge >= 0.3 is 0 Å². The quantitative estimate of drug-likeness (QED) is 0.479. The molecule has 30 heavy (non-hydrogen) atoms. The van der Waals surface area contributed by atoms with E-state index in [-0.39, 0.29) is 18.6 Å². The molecule has 0 heterocycles. The lowest BCUT2D eigenvalue weighted by Gasteiger charge is -2.20. The number of rotatable bonds is 7. The van der Waals surface area contributed by atoms with Gasteiger partial charge in [-0.05, 0) is 89.2 Å². The molecule has 1 amide bonds. The van der Waals surface area contributed by atoms with Gasteiger partial charge < -0.3 is 10.1 Å². The summed E-state index contributed by atoms with van der Waals surface area (Å²) in [5, 5.41) is 21.0. The minimum atomic E-state index is -0.279. The minimum Gasteiger partial charge on any atom is -0.491 e. The van der Waals surface area contributed by atoms with Gasteiger partial charge in [0.2, 0.25) is 0 Å². The summed E-state index contributed by atoms with van der Waals surface area (Å²) in [4.78, 5) is 12.7. The Morgan fingerprint density at radius 1 is 0.967 bits per heavy atom. The smallest absolute Gasteiger partial charge is 0.251 e. The second-order valence-corrected chi connectivity index (χ2v) is 7.89. The van der Waals surface area contributed by atoms with Crippen LogP contribution in [0.15, 0.2) is 72.8 Å². The number of benzene rings is 3. The molecule has 1 atom stereocenters. The summed E-state index contributed by atoms with van der Waals surface area (Å²) in [5.74, 6) is 0.346. The number of amides is 1. The summed E-state index contributed by atoms with van der Waals surface area (Å²) in [5.41, 5.74) is 2.58. The maximum atomic E-state index is 12.7. The van der Waals surface area contributed by atoms with Crippen LogP contribution in [0.2, 0.25) is 0 Å². The summed E-state index contributed by atoms with van der Waals surface area (Å²) in [6.07, 6.45) is 0.594. The van der Waals surface area contributed by atoms with Gasteiger partial charge in [0.05, 0.1) is 29.3 Å². The first-order chi connectivity index (χ1) is 14.6. The van der Waals surface area contributed by atoms with Gasteiger partial charge in [0.25, 0.3) is 5.91 Å². The first-order valence-corrected chi connectivity index (χ1v) is 10.3. The molecular formula is C24H18IN3O2. The lowest BCUT2D eigenvalue weighted by atomic mass is 10.1. The average molecular weight is 507 g/mol. The Labute approximate surface area is 189 Å². The first-order valence-electron chi connectivity index (χ1n) is 9.26. The van der Waals surface area contributed by atoms with Crippen LogP contribution in [0.3, 0.4) is 0 Å². The number of ether oxygens (including phenoxy) is 1. The van der Waals surface area contributed by atoms with E-state index in [4.69, 9.17) is 15.3 Å². The van der Waals surface area contributed by atoms with E-state index in [0.29, 0.717) is 28.9 Å². The summed E-state index contributed by atoms with van der Waals surface area (Å²) < 4.78 is 7.01. The van der Waals surface area contributed by atoms with Gasteiger partial charge in [0.15, 0.2) is 0 Å². The Hall–Kier alpha value is -3.36. The normalized spacial score (nSPS) is 11.0. The van der Waals surface area contributed by atoms with E-state index in [2.05, 4.69) is 34.0 Å². The molecule has 0 aliphatic carbocycles. The third kappa shape index (κ3) is 6.07. The van der Waals surface area contributed by atoms with E-state index >= 15 is 0 Å². The Bertz CT molecular complexity index is 1100. The van der Waals surface area contributed by atoms with Gasteiger partial charge in [0, 0.05) is 9.13 Å². The third-order valence-corrected chi connectivity index (χ3v) is 5.14. The van der Waals surface area contributed by atoms with Crippen LogP contribution in [0.25, 0.3) is 0 Å². The minimum absolute atomic E-state index is 0.232. The molecular weight excluding hydrogens is 489 g/mol. The molecule has 3 rings (SSSR count). The van der Waals surface area contributed by atoms with Crippen LogP contribution in [0, 0.1) is 26.2 Å². The van der Waals surface area contributed by atoms with Gasteiger partial charge in [-0.15, -0.1) is 0 Å². The van der Waals surface area contributed by atoms with Crippen molar-refractivity contribution in [2.75, 3.05) is 6.61 Å². The van der Waals surface area contributed by atoms with Gasteiger partial charge in [-0.25, -0.2) is 0 Å². The highest BCUT2D eigenvalue weighted by atomic mass is 127. The third-order valence-electron chi connectivity index (χ3n) is 4.42. The van der Waals surface area contributed by atoms with E-state index in [0.717, 1.165) is 9.13 Å².